The van der Waals surface area contributed by atoms with Crippen LogP contribution < -0.4 is 0 Å². The lowest BCUT2D eigenvalue weighted by Crippen LogP contribution is -2.57. The molecule has 0 saturated heterocycles. The highest BCUT2D eigenvalue weighted by atomic mass is 32.2. The van der Waals surface area contributed by atoms with Crippen molar-refractivity contribution in [2.75, 3.05) is 20.2 Å². The minimum Gasteiger partial charge on any atom is -0.483 e. The number of aliphatic imine (C=N–C) groups is 1. The summed E-state index contributed by atoms with van der Waals surface area (Å²) in [6.45, 7) is 10.9. The average Bonchev–Trinajstić information content (AvgIpc) is 3.22. The molecule has 3 aliphatic carbocycles. The number of ether oxygens (including phenoxy) is 1. The summed E-state index contributed by atoms with van der Waals surface area (Å²) in [4.78, 5) is 22.1. The van der Waals surface area contributed by atoms with Crippen LogP contribution in [0.4, 0.5) is 0 Å². The lowest BCUT2D eigenvalue weighted by atomic mass is 9.47. The van der Waals surface area contributed by atoms with Gasteiger partial charge in [0.05, 0.1) is 18.4 Å². The van der Waals surface area contributed by atoms with E-state index in [-0.39, 0.29) is 22.0 Å². The van der Waals surface area contributed by atoms with E-state index in [1.54, 1.807) is 7.11 Å². The summed E-state index contributed by atoms with van der Waals surface area (Å²) in [5.74, 6) is 3.67. The van der Waals surface area contributed by atoms with E-state index >= 15 is 0 Å². The molecule has 5 heteroatoms. The standard InChI is InChI=1S/C30H44N2O2S/c1-6-32(7-2)28(33)24-15-14-22-21-13-16-26-30(4,23(21)17-18-29(22,24)3)19-25(27(31-26)34-5)35-20-11-9-8-10-12-20/h8-12,21-26H,6-7,13-19H2,1-5H3/t21-,22-,23?,24+,25?,26+,29-,30+/m0/s1. The Morgan fingerprint density at radius 2 is 1.74 bits per heavy atom. The minimum absolute atomic E-state index is 0.165. The molecule has 1 heterocycles. The molecule has 8 atom stereocenters. The smallest absolute Gasteiger partial charge is 0.226 e. The molecule has 0 aromatic heterocycles. The predicted molar refractivity (Wildman–Crippen MR) is 145 cm³/mol. The number of amides is 1. The van der Waals surface area contributed by atoms with Gasteiger partial charge in [0.15, 0.2) is 5.90 Å². The van der Waals surface area contributed by atoms with Gasteiger partial charge >= 0.3 is 0 Å². The van der Waals surface area contributed by atoms with Crippen molar-refractivity contribution in [3.63, 3.8) is 0 Å². The topological polar surface area (TPSA) is 41.9 Å². The Morgan fingerprint density at radius 1 is 1.03 bits per heavy atom. The molecule has 0 bridgehead atoms. The molecule has 1 aromatic carbocycles. The van der Waals surface area contributed by atoms with Gasteiger partial charge in [-0.15, -0.1) is 11.8 Å². The van der Waals surface area contributed by atoms with Crippen LogP contribution in [-0.4, -0.2) is 48.2 Å². The largest absolute Gasteiger partial charge is 0.483 e. The normalized spacial score (nSPS) is 40.2. The molecule has 0 spiro atoms. The Balaban J connectivity index is 1.39. The number of hydrogen-bond acceptors (Lipinski definition) is 4. The Labute approximate surface area is 216 Å². The van der Waals surface area contributed by atoms with Crippen molar-refractivity contribution in [1.29, 1.82) is 0 Å². The molecule has 0 radical (unpaired) electrons. The molecule has 0 N–H and O–H groups in total. The fourth-order valence-corrected chi connectivity index (χ4v) is 10.1. The number of thioether (sulfide) groups is 1. The Hall–Kier alpha value is -1.49. The van der Waals surface area contributed by atoms with Gasteiger partial charge in [0.1, 0.15) is 0 Å². The van der Waals surface area contributed by atoms with Gasteiger partial charge in [-0.2, -0.15) is 0 Å². The number of hydrogen-bond donors (Lipinski definition) is 0. The fraction of sp³-hybridized carbons (Fsp3) is 0.733. The highest BCUT2D eigenvalue weighted by Gasteiger charge is 2.62. The van der Waals surface area contributed by atoms with Crippen LogP contribution in [0.1, 0.15) is 72.6 Å². The van der Waals surface area contributed by atoms with Crippen molar-refractivity contribution >= 4 is 23.6 Å². The molecule has 192 valence electrons. The lowest BCUT2D eigenvalue weighted by Gasteiger charge is -2.59. The lowest BCUT2D eigenvalue weighted by molar-refractivity contribution is -0.143. The summed E-state index contributed by atoms with van der Waals surface area (Å²) in [6.07, 6.45) is 8.30. The summed E-state index contributed by atoms with van der Waals surface area (Å²) in [6, 6.07) is 11.1. The van der Waals surface area contributed by atoms with Gasteiger partial charge in [0, 0.05) is 23.9 Å². The maximum atomic E-state index is 13.5. The number of nitrogens with zero attached hydrogens (tertiary/aromatic N) is 2. The Morgan fingerprint density at radius 3 is 2.43 bits per heavy atom. The Kier molecular flexibility index (Phi) is 7.02. The van der Waals surface area contributed by atoms with Crippen molar-refractivity contribution in [2.45, 2.75) is 88.8 Å². The molecular formula is C30H44N2O2S. The van der Waals surface area contributed by atoms with E-state index in [2.05, 4.69) is 62.9 Å². The minimum atomic E-state index is 0.165. The maximum Gasteiger partial charge on any atom is 0.226 e. The average molecular weight is 497 g/mol. The van der Waals surface area contributed by atoms with Crippen LogP contribution >= 0.6 is 11.8 Å². The number of rotatable bonds is 5. The van der Waals surface area contributed by atoms with Gasteiger partial charge in [-0.1, -0.05) is 32.0 Å². The van der Waals surface area contributed by atoms with Crippen LogP contribution in [-0.2, 0) is 9.53 Å². The summed E-state index contributed by atoms with van der Waals surface area (Å²) < 4.78 is 5.86. The Bertz CT molecular complexity index is 947. The number of carbonyl (C=O) groups excluding carboxylic acids is 1. The summed E-state index contributed by atoms with van der Waals surface area (Å²) in [7, 11) is 1.79. The van der Waals surface area contributed by atoms with Gasteiger partial charge in [-0.05, 0) is 99.5 Å². The summed E-state index contributed by atoms with van der Waals surface area (Å²) in [5, 5.41) is 0.274. The summed E-state index contributed by atoms with van der Waals surface area (Å²) >= 11 is 1.92. The van der Waals surface area contributed by atoms with Crippen molar-refractivity contribution in [3.05, 3.63) is 30.3 Å². The molecule has 4 aliphatic rings. The van der Waals surface area contributed by atoms with Crippen molar-refractivity contribution in [2.24, 2.45) is 39.5 Å². The van der Waals surface area contributed by atoms with Crippen molar-refractivity contribution in [1.82, 2.24) is 4.90 Å². The molecule has 4 nitrogen and oxygen atoms in total. The number of benzene rings is 1. The first-order valence-corrected chi connectivity index (χ1v) is 14.9. The second kappa shape index (κ2) is 9.76. The molecule has 1 amide bonds. The van der Waals surface area contributed by atoms with E-state index in [9.17, 15) is 4.79 Å². The van der Waals surface area contributed by atoms with E-state index in [0.29, 0.717) is 23.8 Å². The quantitative estimate of drug-likeness (QED) is 0.456. The third-order valence-electron chi connectivity index (χ3n) is 10.6. The van der Waals surface area contributed by atoms with E-state index in [4.69, 9.17) is 9.73 Å². The molecule has 1 aliphatic heterocycles. The second-order valence-corrected chi connectivity index (χ2v) is 13.2. The van der Waals surface area contributed by atoms with Crippen molar-refractivity contribution < 1.29 is 9.53 Å². The third-order valence-corrected chi connectivity index (χ3v) is 11.8. The molecule has 1 aromatic rings. The fourth-order valence-electron chi connectivity index (χ4n) is 8.76. The first-order chi connectivity index (χ1) is 16.9. The monoisotopic (exact) mass is 496 g/mol. The molecule has 35 heavy (non-hydrogen) atoms. The highest BCUT2D eigenvalue weighted by Crippen LogP contribution is 2.66. The molecular weight excluding hydrogens is 452 g/mol. The van der Waals surface area contributed by atoms with Crippen LogP contribution in [0.3, 0.4) is 0 Å². The van der Waals surface area contributed by atoms with E-state index in [1.165, 1.54) is 30.6 Å². The van der Waals surface area contributed by atoms with Gasteiger partial charge in [0.25, 0.3) is 0 Å². The van der Waals surface area contributed by atoms with E-state index in [1.807, 2.05) is 11.8 Å². The van der Waals surface area contributed by atoms with Crippen LogP contribution in [0.25, 0.3) is 0 Å². The second-order valence-electron chi connectivity index (χ2n) is 12.0. The van der Waals surface area contributed by atoms with Crippen LogP contribution in [0, 0.1) is 34.5 Å². The zero-order valence-corrected chi connectivity index (χ0v) is 23.2. The number of methoxy groups -OCH3 is 1. The van der Waals surface area contributed by atoms with Gasteiger partial charge in [0.2, 0.25) is 5.91 Å². The number of fused-ring (bicyclic) bond motifs is 5. The zero-order valence-electron chi connectivity index (χ0n) is 22.3. The maximum absolute atomic E-state index is 13.5. The SMILES string of the molecule is CCN(CC)C(=O)[C@H]1CC[C@H]2[C@@H]3CC[C@H]4N=C(OC)C(Sc5ccccc5)C[C@]4(C)C3CC[C@]12C. The number of carbonyl (C=O) groups is 1. The van der Waals surface area contributed by atoms with Crippen molar-refractivity contribution in [3.8, 4) is 0 Å². The van der Waals surface area contributed by atoms with Crippen LogP contribution in [0.5, 0.6) is 0 Å². The molecule has 5 rings (SSSR count). The molecule has 3 fully saturated rings. The van der Waals surface area contributed by atoms with E-state index < -0.39 is 0 Å². The predicted octanol–water partition coefficient (Wildman–Crippen LogP) is 6.69. The van der Waals surface area contributed by atoms with Gasteiger partial charge in [-0.25, -0.2) is 0 Å². The summed E-state index contributed by atoms with van der Waals surface area (Å²) in [5.41, 5.74) is 0.373. The van der Waals surface area contributed by atoms with Gasteiger partial charge in [-0.3, -0.25) is 9.79 Å². The third kappa shape index (κ3) is 4.14. The van der Waals surface area contributed by atoms with Crippen LogP contribution in [0.2, 0.25) is 0 Å². The zero-order chi connectivity index (χ0) is 24.8. The van der Waals surface area contributed by atoms with Gasteiger partial charge < -0.3 is 9.64 Å². The highest BCUT2D eigenvalue weighted by molar-refractivity contribution is 8.00. The molecule has 3 saturated carbocycles. The first kappa shape index (κ1) is 25.2. The first-order valence-electron chi connectivity index (χ1n) is 14.0. The molecule has 2 unspecified atom stereocenters. The van der Waals surface area contributed by atoms with Crippen LogP contribution in [0.15, 0.2) is 40.2 Å². The van der Waals surface area contributed by atoms with E-state index in [0.717, 1.165) is 44.2 Å².